The number of halogens is 1. The summed E-state index contributed by atoms with van der Waals surface area (Å²) in [5.74, 6) is 0.682. The van der Waals surface area contributed by atoms with E-state index >= 15 is 0 Å². The van der Waals surface area contributed by atoms with E-state index in [-0.39, 0.29) is 0 Å². The van der Waals surface area contributed by atoms with Crippen LogP contribution in [0.4, 0.5) is 0 Å². The van der Waals surface area contributed by atoms with E-state index in [1.807, 2.05) is 10.9 Å². The average molecular weight is 369 g/mol. The molecule has 1 heterocycles. The lowest BCUT2D eigenvalue weighted by Gasteiger charge is -2.05. The molecule has 0 saturated heterocycles. The number of nitrogens with zero attached hydrogens (tertiary/aromatic N) is 2. The van der Waals surface area contributed by atoms with E-state index in [0.29, 0.717) is 5.92 Å². The van der Waals surface area contributed by atoms with E-state index in [1.165, 1.54) is 14.7 Å². The summed E-state index contributed by atoms with van der Waals surface area (Å²) in [6.45, 7) is 7.20. The Bertz CT molecular complexity index is 502. The van der Waals surface area contributed by atoms with Gasteiger partial charge in [0, 0.05) is 21.9 Å². The van der Waals surface area contributed by atoms with Crippen LogP contribution < -0.4 is 5.32 Å². The van der Waals surface area contributed by atoms with Crippen LogP contribution in [0, 0.1) is 9.49 Å². The lowest BCUT2D eigenvalue weighted by Crippen LogP contribution is -2.18. The van der Waals surface area contributed by atoms with Crippen molar-refractivity contribution >= 4 is 22.6 Å². The van der Waals surface area contributed by atoms with E-state index < -0.39 is 0 Å². The van der Waals surface area contributed by atoms with Crippen molar-refractivity contribution in [2.75, 3.05) is 6.54 Å². The molecule has 0 amide bonds. The van der Waals surface area contributed by atoms with Gasteiger partial charge in [-0.1, -0.05) is 26.0 Å². The van der Waals surface area contributed by atoms with Crippen LogP contribution in [0.5, 0.6) is 0 Å². The molecule has 19 heavy (non-hydrogen) atoms. The minimum atomic E-state index is 0.682. The summed E-state index contributed by atoms with van der Waals surface area (Å²) >= 11 is 2.32. The van der Waals surface area contributed by atoms with Crippen LogP contribution in [0.2, 0.25) is 0 Å². The van der Waals surface area contributed by atoms with Crippen molar-refractivity contribution < 1.29 is 0 Å². The van der Waals surface area contributed by atoms with Crippen molar-refractivity contribution in [3.05, 3.63) is 51.4 Å². The number of nitrogens with one attached hydrogen (secondary N) is 1. The Hall–Kier alpha value is -0.880. The predicted molar refractivity (Wildman–Crippen MR) is 87.0 cm³/mol. The van der Waals surface area contributed by atoms with Crippen LogP contribution in [0.15, 0.2) is 36.7 Å². The molecule has 2 aromatic rings. The van der Waals surface area contributed by atoms with Crippen LogP contribution in [0.3, 0.4) is 0 Å². The van der Waals surface area contributed by atoms with Gasteiger partial charge in [0.1, 0.15) is 0 Å². The number of hydrogen-bond donors (Lipinski definition) is 1. The van der Waals surface area contributed by atoms with Crippen molar-refractivity contribution in [1.82, 2.24) is 15.1 Å². The van der Waals surface area contributed by atoms with E-state index in [9.17, 15) is 0 Å². The molecule has 0 aliphatic heterocycles. The third kappa shape index (κ3) is 4.95. The highest BCUT2D eigenvalue weighted by Gasteiger charge is 2.00. The van der Waals surface area contributed by atoms with Gasteiger partial charge in [0.05, 0.1) is 12.7 Å². The van der Waals surface area contributed by atoms with Gasteiger partial charge in [-0.3, -0.25) is 4.68 Å². The molecule has 0 saturated carbocycles. The Morgan fingerprint density at radius 1 is 1.21 bits per heavy atom. The molecule has 1 aromatic heterocycles. The van der Waals surface area contributed by atoms with Crippen molar-refractivity contribution in [3.63, 3.8) is 0 Å². The largest absolute Gasteiger partial charge is 0.312 e. The van der Waals surface area contributed by atoms with E-state index in [1.54, 1.807) is 0 Å². The molecule has 0 unspecified atom stereocenters. The van der Waals surface area contributed by atoms with Gasteiger partial charge in [-0.15, -0.1) is 0 Å². The molecular formula is C15H20IN3. The van der Waals surface area contributed by atoms with Crippen LogP contribution >= 0.6 is 22.6 Å². The Morgan fingerprint density at radius 3 is 2.63 bits per heavy atom. The second-order valence-electron chi connectivity index (χ2n) is 5.20. The summed E-state index contributed by atoms with van der Waals surface area (Å²) in [5.41, 5.74) is 2.52. The number of benzene rings is 1. The second kappa shape index (κ2) is 7.05. The maximum atomic E-state index is 4.41. The monoisotopic (exact) mass is 369 g/mol. The quantitative estimate of drug-likeness (QED) is 0.792. The standard InChI is InChI=1S/C15H20IN3/c1-12(2)7-17-8-14-9-18-19(11-14)10-13-3-5-15(16)6-4-13/h3-6,9,11-12,17H,7-8,10H2,1-2H3. The fourth-order valence-corrected chi connectivity index (χ4v) is 2.23. The Labute approximate surface area is 128 Å². The van der Waals surface area contributed by atoms with Gasteiger partial charge in [0.2, 0.25) is 0 Å². The van der Waals surface area contributed by atoms with E-state index in [4.69, 9.17) is 0 Å². The van der Waals surface area contributed by atoms with Crippen LogP contribution in [0.25, 0.3) is 0 Å². The average Bonchev–Trinajstić information content (AvgIpc) is 2.79. The zero-order valence-electron chi connectivity index (χ0n) is 11.4. The normalized spacial score (nSPS) is 11.2. The summed E-state index contributed by atoms with van der Waals surface area (Å²) < 4.78 is 3.26. The van der Waals surface area contributed by atoms with Gasteiger partial charge in [0.25, 0.3) is 0 Å². The second-order valence-corrected chi connectivity index (χ2v) is 6.44. The summed E-state index contributed by atoms with van der Waals surface area (Å²) in [6, 6.07) is 8.56. The third-order valence-electron chi connectivity index (χ3n) is 2.83. The van der Waals surface area contributed by atoms with Gasteiger partial charge in [-0.25, -0.2) is 0 Å². The van der Waals surface area contributed by atoms with Gasteiger partial charge < -0.3 is 5.32 Å². The minimum absolute atomic E-state index is 0.682. The third-order valence-corrected chi connectivity index (χ3v) is 3.55. The summed E-state index contributed by atoms with van der Waals surface area (Å²) in [4.78, 5) is 0. The predicted octanol–water partition coefficient (Wildman–Crippen LogP) is 3.28. The molecule has 0 spiro atoms. The van der Waals surface area contributed by atoms with Crippen molar-refractivity contribution in [3.8, 4) is 0 Å². The maximum absolute atomic E-state index is 4.41. The van der Waals surface area contributed by atoms with Crippen molar-refractivity contribution in [2.45, 2.75) is 26.9 Å². The molecule has 102 valence electrons. The molecule has 1 aromatic carbocycles. The molecule has 4 heteroatoms. The summed E-state index contributed by atoms with van der Waals surface area (Å²) in [7, 11) is 0. The molecule has 0 bridgehead atoms. The lowest BCUT2D eigenvalue weighted by molar-refractivity contribution is 0.552. The SMILES string of the molecule is CC(C)CNCc1cnn(Cc2ccc(I)cc2)c1. The first-order valence-electron chi connectivity index (χ1n) is 6.60. The first-order valence-corrected chi connectivity index (χ1v) is 7.68. The zero-order valence-corrected chi connectivity index (χ0v) is 13.6. The lowest BCUT2D eigenvalue weighted by atomic mass is 10.2. The first-order chi connectivity index (χ1) is 9.13. The highest BCUT2D eigenvalue weighted by molar-refractivity contribution is 14.1. The summed E-state index contributed by atoms with van der Waals surface area (Å²) in [5, 5.41) is 7.84. The minimum Gasteiger partial charge on any atom is -0.312 e. The number of aromatic nitrogens is 2. The Morgan fingerprint density at radius 2 is 1.95 bits per heavy atom. The molecule has 2 rings (SSSR count). The number of hydrogen-bond acceptors (Lipinski definition) is 2. The molecule has 0 radical (unpaired) electrons. The van der Waals surface area contributed by atoms with E-state index in [0.717, 1.165) is 19.6 Å². The Kier molecular flexibility index (Phi) is 5.39. The van der Waals surface area contributed by atoms with Crippen molar-refractivity contribution in [2.24, 2.45) is 5.92 Å². The molecule has 1 N–H and O–H groups in total. The van der Waals surface area contributed by atoms with Crippen molar-refractivity contribution in [1.29, 1.82) is 0 Å². The van der Waals surface area contributed by atoms with Gasteiger partial charge in [0.15, 0.2) is 0 Å². The molecule has 0 atom stereocenters. The van der Waals surface area contributed by atoms with Gasteiger partial charge >= 0.3 is 0 Å². The molecule has 0 fully saturated rings. The number of rotatable bonds is 6. The highest BCUT2D eigenvalue weighted by Crippen LogP contribution is 2.08. The molecular weight excluding hydrogens is 349 g/mol. The summed E-state index contributed by atoms with van der Waals surface area (Å²) in [6.07, 6.45) is 4.06. The molecule has 3 nitrogen and oxygen atoms in total. The topological polar surface area (TPSA) is 29.9 Å². The fraction of sp³-hybridized carbons (Fsp3) is 0.400. The van der Waals surface area contributed by atoms with Crippen LogP contribution in [0.1, 0.15) is 25.0 Å². The van der Waals surface area contributed by atoms with Crippen LogP contribution in [-0.2, 0) is 13.1 Å². The first kappa shape index (κ1) is 14.5. The smallest absolute Gasteiger partial charge is 0.0659 e. The van der Waals surface area contributed by atoms with Crippen LogP contribution in [-0.4, -0.2) is 16.3 Å². The Balaban J connectivity index is 1.88. The van der Waals surface area contributed by atoms with E-state index in [2.05, 4.69) is 77.3 Å². The van der Waals surface area contributed by atoms with Gasteiger partial charge in [-0.05, 0) is 52.7 Å². The molecule has 0 aliphatic rings. The maximum Gasteiger partial charge on any atom is 0.0659 e. The fourth-order valence-electron chi connectivity index (χ4n) is 1.87. The zero-order chi connectivity index (χ0) is 13.7. The molecule has 0 aliphatic carbocycles. The highest BCUT2D eigenvalue weighted by atomic mass is 127. The van der Waals surface area contributed by atoms with Gasteiger partial charge in [-0.2, -0.15) is 5.10 Å².